The molecular weight excluding hydrogens is 183 g/mol. The predicted molar refractivity (Wildman–Crippen MR) is 44.6 cm³/mol. The first-order valence-electron chi connectivity index (χ1n) is 2.85. The summed E-state index contributed by atoms with van der Waals surface area (Å²) in [6.07, 6.45) is 2.92. The Morgan fingerprint density at radius 3 is 3.00 bits per heavy atom. The van der Waals surface area contributed by atoms with Gasteiger partial charge in [0.2, 0.25) is 0 Å². The molecule has 2 nitrogen and oxygen atoms in total. The lowest BCUT2D eigenvalue weighted by Crippen LogP contribution is -1.83. The van der Waals surface area contributed by atoms with Crippen molar-refractivity contribution in [2.24, 2.45) is 0 Å². The van der Waals surface area contributed by atoms with Gasteiger partial charge in [-0.2, -0.15) is 0 Å². The number of aromatic nitrogens is 2. The fourth-order valence-corrected chi connectivity index (χ4v) is 0.734. The molecule has 0 spiro atoms. The molecule has 11 heavy (non-hydrogen) atoms. The highest BCUT2D eigenvalue weighted by Gasteiger charge is 1.94. The van der Waals surface area contributed by atoms with Gasteiger partial charge >= 0.3 is 0 Å². The molecule has 0 radical (unpaired) electrons. The predicted octanol–water partition coefficient (Wildman–Crippen LogP) is 1.72. The van der Waals surface area contributed by atoms with E-state index in [1.54, 1.807) is 6.20 Å². The summed E-state index contributed by atoms with van der Waals surface area (Å²) < 4.78 is 0. The Balaban J connectivity index is 2.95. The second kappa shape index (κ2) is 4.17. The minimum absolute atomic E-state index is 0.283. The van der Waals surface area contributed by atoms with Crippen molar-refractivity contribution in [3.05, 3.63) is 23.2 Å². The number of halogens is 2. The van der Waals surface area contributed by atoms with Crippen LogP contribution in [0.15, 0.2) is 12.5 Å². The van der Waals surface area contributed by atoms with Crippen LogP contribution in [0.1, 0.15) is 5.56 Å². The van der Waals surface area contributed by atoms with E-state index in [4.69, 9.17) is 23.2 Å². The third-order valence-corrected chi connectivity index (χ3v) is 1.39. The van der Waals surface area contributed by atoms with Gasteiger partial charge in [0.05, 0.1) is 11.4 Å². The fraction of sp³-hybridized carbons (Fsp3) is 0.143. The molecule has 56 valence electrons. The van der Waals surface area contributed by atoms with Crippen molar-refractivity contribution in [2.75, 3.05) is 5.88 Å². The Morgan fingerprint density at radius 1 is 1.55 bits per heavy atom. The molecule has 1 aromatic rings. The standard InChI is InChI=1S/C7H4Cl2N2/c8-3-1-2-6-4-10-5-11-7(6)9/h4-5H,3H2. The van der Waals surface area contributed by atoms with Gasteiger partial charge in [0.25, 0.3) is 0 Å². The maximum absolute atomic E-state index is 5.66. The van der Waals surface area contributed by atoms with Gasteiger partial charge in [0, 0.05) is 6.20 Å². The highest BCUT2D eigenvalue weighted by atomic mass is 35.5. The summed E-state index contributed by atoms with van der Waals surface area (Å²) in [5, 5.41) is 0.359. The molecule has 0 saturated heterocycles. The van der Waals surface area contributed by atoms with Gasteiger partial charge in [-0.1, -0.05) is 23.4 Å². The van der Waals surface area contributed by atoms with Crippen molar-refractivity contribution in [3.8, 4) is 11.8 Å². The molecule has 0 fully saturated rings. The zero-order valence-electron chi connectivity index (χ0n) is 5.51. The number of rotatable bonds is 0. The number of nitrogens with zero attached hydrogens (tertiary/aromatic N) is 2. The second-order valence-electron chi connectivity index (χ2n) is 1.66. The Labute approximate surface area is 74.6 Å². The van der Waals surface area contributed by atoms with Gasteiger partial charge in [-0.3, -0.25) is 0 Å². The molecule has 0 bridgehead atoms. The van der Waals surface area contributed by atoms with Crippen LogP contribution < -0.4 is 0 Å². The zero-order chi connectivity index (χ0) is 8.10. The lowest BCUT2D eigenvalue weighted by atomic mass is 10.3. The first kappa shape index (κ1) is 8.32. The van der Waals surface area contributed by atoms with Crippen LogP contribution in [-0.4, -0.2) is 15.8 Å². The first-order chi connectivity index (χ1) is 5.34. The van der Waals surface area contributed by atoms with Crippen molar-refractivity contribution >= 4 is 23.2 Å². The van der Waals surface area contributed by atoms with Crippen molar-refractivity contribution < 1.29 is 0 Å². The molecular formula is C7H4Cl2N2. The summed E-state index contributed by atoms with van der Waals surface area (Å²) >= 11 is 11.0. The topological polar surface area (TPSA) is 25.8 Å². The van der Waals surface area contributed by atoms with Crippen LogP contribution in [0, 0.1) is 11.8 Å². The average Bonchev–Trinajstić information content (AvgIpc) is 2.03. The number of hydrogen-bond acceptors (Lipinski definition) is 2. The number of alkyl halides is 1. The molecule has 0 aliphatic rings. The lowest BCUT2D eigenvalue weighted by molar-refractivity contribution is 1.16. The smallest absolute Gasteiger partial charge is 0.148 e. The molecule has 0 aromatic carbocycles. The monoisotopic (exact) mass is 186 g/mol. The third-order valence-electron chi connectivity index (χ3n) is 0.954. The summed E-state index contributed by atoms with van der Waals surface area (Å²) in [6, 6.07) is 0. The normalized spacial score (nSPS) is 8.55. The van der Waals surface area contributed by atoms with Gasteiger partial charge in [0.1, 0.15) is 11.5 Å². The van der Waals surface area contributed by atoms with Crippen LogP contribution in [0.3, 0.4) is 0 Å². The SMILES string of the molecule is ClCC#Cc1cncnc1Cl. The van der Waals surface area contributed by atoms with Gasteiger partial charge in [0.15, 0.2) is 0 Å². The van der Waals surface area contributed by atoms with Crippen molar-refractivity contribution in [3.63, 3.8) is 0 Å². The largest absolute Gasteiger partial charge is 0.243 e. The van der Waals surface area contributed by atoms with E-state index in [0.29, 0.717) is 10.7 Å². The van der Waals surface area contributed by atoms with E-state index in [0.717, 1.165) is 0 Å². The molecule has 0 amide bonds. The first-order valence-corrected chi connectivity index (χ1v) is 3.76. The van der Waals surface area contributed by atoms with Crippen LogP contribution in [0.2, 0.25) is 5.15 Å². The van der Waals surface area contributed by atoms with Crippen molar-refractivity contribution in [2.45, 2.75) is 0 Å². The van der Waals surface area contributed by atoms with Gasteiger partial charge < -0.3 is 0 Å². The summed E-state index contributed by atoms with van der Waals surface area (Å²) in [5.41, 5.74) is 0.606. The van der Waals surface area contributed by atoms with Gasteiger partial charge in [-0.25, -0.2) is 9.97 Å². The molecule has 4 heteroatoms. The highest BCUT2D eigenvalue weighted by molar-refractivity contribution is 6.30. The van der Waals surface area contributed by atoms with Crippen LogP contribution in [0.4, 0.5) is 0 Å². The Hall–Kier alpha value is -0.780. The molecule has 1 rings (SSSR count). The second-order valence-corrected chi connectivity index (χ2v) is 2.29. The van der Waals surface area contributed by atoms with E-state index in [-0.39, 0.29) is 5.88 Å². The van der Waals surface area contributed by atoms with E-state index in [1.165, 1.54) is 6.33 Å². The molecule has 0 aliphatic carbocycles. The van der Waals surface area contributed by atoms with E-state index in [9.17, 15) is 0 Å². The fourth-order valence-electron chi connectivity index (χ4n) is 0.527. The van der Waals surface area contributed by atoms with E-state index >= 15 is 0 Å². The molecule has 0 aliphatic heterocycles. The van der Waals surface area contributed by atoms with E-state index in [2.05, 4.69) is 21.8 Å². The molecule has 0 atom stereocenters. The van der Waals surface area contributed by atoms with Crippen LogP contribution >= 0.6 is 23.2 Å². The third kappa shape index (κ3) is 2.38. The minimum atomic E-state index is 0.283. The maximum Gasteiger partial charge on any atom is 0.148 e. The molecule has 1 heterocycles. The van der Waals surface area contributed by atoms with Crippen LogP contribution in [0.5, 0.6) is 0 Å². The minimum Gasteiger partial charge on any atom is -0.243 e. The average molecular weight is 187 g/mol. The Kier molecular flexibility index (Phi) is 3.15. The lowest BCUT2D eigenvalue weighted by Gasteiger charge is -1.89. The molecule has 0 N–H and O–H groups in total. The Bertz CT molecular complexity index is 301. The number of hydrogen-bond donors (Lipinski definition) is 0. The van der Waals surface area contributed by atoms with Crippen molar-refractivity contribution in [1.29, 1.82) is 0 Å². The molecule has 0 unspecified atom stereocenters. The quantitative estimate of drug-likeness (QED) is 0.351. The van der Waals surface area contributed by atoms with Crippen LogP contribution in [-0.2, 0) is 0 Å². The van der Waals surface area contributed by atoms with Crippen LogP contribution in [0.25, 0.3) is 0 Å². The van der Waals surface area contributed by atoms with E-state index < -0.39 is 0 Å². The zero-order valence-corrected chi connectivity index (χ0v) is 7.02. The summed E-state index contributed by atoms with van der Waals surface area (Å²) in [6.45, 7) is 0. The van der Waals surface area contributed by atoms with E-state index in [1.807, 2.05) is 0 Å². The summed E-state index contributed by atoms with van der Waals surface area (Å²) in [7, 11) is 0. The summed E-state index contributed by atoms with van der Waals surface area (Å²) in [4.78, 5) is 7.50. The Morgan fingerprint density at radius 2 is 2.36 bits per heavy atom. The molecule has 0 saturated carbocycles. The van der Waals surface area contributed by atoms with Gasteiger partial charge in [-0.05, 0) is 0 Å². The van der Waals surface area contributed by atoms with Gasteiger partial charge in [-0.15, -0.1) is 11.6 Å². The highest BCUT2D eigenvalue weighted by Crippen LogP contribution is 2.07. The molecule has 1 aromatic heterocycles. The van der Waals surface area contributed by atoms with Crippen molar-refractivity contribution in [1.82, 2.24) is 9.97 Å². The maximum atomic E-state index is 5.66. The summed E-state index contributed by atoms with van der Waals surface area (Å²) in [5.74, 6) is 5.66.